The zero-order chi connectivity index (χ0) is 14.8. The van der Waals surface area contributed by atoms with Gasteiger partial charge in [0.25, 0.3) is 0 Å². The maximum Gasteiger partial charge on any atom is 0.416 e. The normalized spacial score (nSPS) is 23.4. The standard InChI is InChI=1S/C14H16F3NO2/c1-20-13(19)11-5-6-18-8-12(11)9-3-2-4-10(7-9)14(15,16)17/h2-4,7,11-12,18H,5-6,8H2,1H3. The second-order valence-corrected chi connectivity index (χ2v) is 4.85. The molecule has 6 heteroatoms. The third-order valence-corrected chi connectivity index (χ3v) is 3.63. The molecule has 1 N–H and O–H groups in total. The van der Waals surface area contributed by atoms with E-state index in [9.17, 15) is 18.0 Å². The van der Waals surface area contributed by atoms with Crippen molar-refractivity contribution in [1.82, 2.24) is 5.32 Å². The Hall–Kier alpha value is -1.56. The van der Waals surface area contributed by atoms with Crippen LogP contribution in [0.5, 0.6) is 0 Å². The lowest BCUT2D eigenvalue weighted by atomic mass is 9.81. The van der Waals surface area contributed by atoms with E-state index >= 15 is 0 Å². The summed E-state index contributed by atoms with van der Waals surface area (Å²) >= 11 is 0. The molecule has 0 bridgehead atoms. The molecule has 1 aromatic rings. The molecule has 110 valence electrons. The molecular weight excluding hydrogens is 271 g/mol. The molecule has 2 atom stereocenters. The molecule has 0 saturated carbocycles. The number of esters is 1. The van der Waals surface area contributed by atoms with E-state index in [0.29, 0.717) is 25.1 Å². The summed E-state index contributed by atoms with van der Waals surface area (Å²) in [5, 5.41) is 3.11. The Kier molecular flexibility index (Phi) is 4.32. The predicted octanol–water partition coefficient (Wildman–Crippen LogP) is 2.57. The molecule has 2 unspecified atom stereocenters. The third kappa shape index (κ3) is 3.12. The van der Waals surface area contributed by atoms with Gasteiger partial charge in [-0.2, -0.15) is 13.2 Å². The molecule has 1 heterocycles. The van der Waals surface area contributed by atoms with Gasteiger partial charge in [0.15, 0.2) is 0 Å². The zero-order valence-corrected chi connectivity index (χ0v) is 11.0. The van der Waals surface area contributed by atoms with Crippen molar-refractivity contribution in [2.75, 3.05) is 20.2 Å². The van der Waals surface area contributed by atoms with Crippen molar-refractivity contribution in [2.45, 2.75) is 18.5 Å². The maximum atomic E-state index is 12.7. The van der Waals surface area contributed by atoms with E-state index in [-0.39, 0.29) is 11.9 Å². The van der Waals surface area contributed by atoms with E-state index in [0.717, 1.165) is 12.1 Å². The van der Waals surface area contributed by atoms with Crippen LogP contribution in [0.4, 0.5) is 13.2 Å². The number of benzene rings is 1. The van der Waals surface area contributed by atoms with E-state index < -0.39 is 17.7 Å². The molecule has 0 amide bonds. The van der Waals surface area contributed by atoms with Crippen LogP contribution >= 0.6 is 0 Å². The van der Waals surface area contributed by atoms with Crippen LogP contribution in [-0.2, 0) is 15.7 Å². The van der Waals surface area contributed by atoms with Crippen LogP contribution in [0.3, 0.4) is 0 Å². The molecule has 0 radical (unpaired) electrons. The van der Waals surface area contributed by atoms with Crippen LogP contribution in [0.25, 0.3) is 0 Å². The van der Waals surface area contributed by atoms with E-state index in [2.05, 4.69) is 5.32 Å². The quantitative estimate of drug-likeness (QED) is 0.850. The fourth-order valence-corrected chi connectivity index (χ4v) is 2.59. The average molecular weight is 287 g/mol. The minimum absolute atomic E-state index is 0.293. The van der Waals surface area contributed by atoms with Gasteiger partial charge < -0.3 is 10.1 Å². The lowest BCUT2D eigenvalue weighted by Crippen LogP contribution is -2.39. The molecule has 1 fully saturated rings. The fraction of sp³-hybridized carbons (Fsp3) is 0.500. The Morgan fingerprint density at radius 3 is 2.80 bits per heavy atom. The van der Waals surface area contributed by atoms with E-state index in [1.54, 1.807) is 6.07 Å². The van der Waals surface area contributed by atoms with Crippen molar-refractivity contribution in [2.24, 2.45) is 5.92 Å². The first-order chi connectivity index (χ1) is 9.43. The second kappa shape index (κ2) is 5.83. The van der Waals surface area contributed by atoms with Gasteiger partial charge in [0.05, 0.1) is 18.6 Å². The van der Waals surface area contributed by atoms with Crippen LogP contribution in [0.2, 0.25) is 0 Å². The molecule has 2 rings (SSSR count). The first-order valence-corrected chi connectivity index (χ1v) is 6.39. The van der Waals surface area contributed by atoms with Crippen LogP contribution in [0, 0.1) is 5.92 Å². The molecule has 20 heavy (non-hydrogen) atoms. The average Bonchev–Trinajstić information content (AvgIpc) is 2.45. The fourth-order valence-electron chi connectivity index (χ4n) is 2.59. The van der Waals surface area contributed by atoms with Crippen molar-refractivity contribution >= 4 is 5.97 Å². The third-order valence-electron chi connectivity index (χ3n) is 3.63. The Labute approximate surface area is 115 Å². The van der Waals surface area contributed by atoms with Gasteiger partial charge in [0.2, 0.25) is 0 Å². The van der Waals surface area contributed by atoms with Crippen LogP contribution < -0.4 is 5.32 Å². The van der Waals surface area contributed by atoms with E-state index in [1.165, 1.54) is 13.2 Å². The monoisotopic (exact) mass is 287 g/mol. The zero-order valence-electron chi connectivity index (χ0n) is 11.0. The summed E-state index contributed by atoms with van der Waals surface area (Å²) in [6, 6.07) is 5.16. The highest BCUT2D eigenvalue weighted by Gasteiger charge is 2.35. The number of carbonyl (C=O) groups is 1. The number of hydrogen-bond acceptors (Lipinski definition) is 3. The molecule has 1 aliphatic rings. The Morgan fingerprint density at radius 1 is 1.40 bits per heavy atom. The molecule has 0 aromatic heterocycles. The highest BCUT2D eigenvalue weighted by Crippen LogP contribution is 2.35. The van der Waals surface area contributed by atoms with Gasteiger partial charge >= 0.3 is 12.1 Å². The number of halogens is 3. The van der Waals surface area contributed by atoms with Crippen LogP contribution in [0.15, 0.2) is 24.3 Å². The first kappa shape index (κ1) is 14.8. The molecule has 1 aromatic carbocycles. The number of piperidine rings is 1. The van der Waals surface area contributed by atoms with Gasteiger partial charge in [-0.05, 0) is 24.6 Å². The lowest BCUT2D eigenvalue weighted by molar-refractivity contribution is -0.147. The number of rotatable bonds is 2. The van der Waals surface area contributed by atoms with Crippen molar-refractivity contribution in [3.63, 3.8) is 0 Å². The minimum Gasteiger partial charge on any atom is -0.469 e. The van der Waals surface area contributed by atoms with E-state index in [1.807, 2.05) is 0 Å². The number of carbonyl (C=O) groups excluding carboxylic acids is 1. The highest BCUT2D eigenvalue weighted by atomic mass is 19.4. The molecule has 1 aliphatic heterocycles. The maximum absolute atomic E-state index is 12.7. The van der Waals surface area contributed by atoms with Gasteiger partial charge in [-0.3, -0.25) is 4.79 Å². The lowest BCUT2D eigenvalue weighted by Gasteiger charge is -2.30. The number of alkyl halides is 3. The molecule has 3 nitrogen and oxygen atoms in total. The predicted molar refractivity (Wildman–Crippen MR) is 67.2 cm³/mol. The topological polar surface area (TPSA) is 38.3 Å². The largest absolute Gasteiger partial charge is 0.469 e. The van der Waals surface area contributed by atoms with Gasteiger partial charge in [0.1, 0.15) is 0 Å². The molecule has 0 aliphatic carbocycles. The number of hydrogen-bond donors (Lipinski definition) is 1. The summed E-state index contributed by atoms with van der Waals surface area (Å²) in [7, 11) is 1.30. The minimum atomic E-state index is -4.38. The molecule has 0 spiro atoms. The summed E-state index contributed by atoms with van der Waals surface area (Å²) < 4.78 is 43.0. The SMILES string of the molecule is COC(=O)C1CCNCC1c1cccc(C(F)(F)F)c1. The summed E-state index contributed by atoms with van der Waals surface area (Å²) in [6.45, 7) is 1.14. The van der Waals surface area contributed by atoms with Crippen molar-refractivity contribution < 1.29 is 22.7 Å². The summed E-state index contributed by atoms with van der Waals surface area (Å²) in [6.07, 6.45) is -3.81. The van der Waals surface area contributed by atoms with Crippen LogP contribution in [-0.4, -0.2) is 26.2 Å². The van der Waals surface area contributed by atoms with Gasteiger partial charge in [-0.1, -0.05) is 18.2 Å². The van der Waals surface area contributed by atoms with Gasteiger partial charge in [-0.15, -0.1) is 0 Å². The summed E-state index contributed by atoms with van der Waals surface area (Å²) in [5.74, 6) is -1.06. The number of ether oxygens (including phenoxy) is 1. The molecular formula is C14H16F3NO2. The Bertz CT molecular complexity index is 488. The summed E-state index contributed by atoms with van der Waals surface area (Å²) in [5.41, 5.74) is -0.174. The van der Waals surface area contributed by atoms with Crippen molar-refractivity contribution in [1.29, 1.82) is 0 Å². The molecule has 1 saturated heterocycles. The second-order valence-electron chi connectivity index (χ2n) is 4.85. The first-order valence-electron chi connectivity index (χ1n) is 6.39. The van der Waals surface area contributed by atoms with Crippen molar-refractivity contribution in [3.05, 3.63) is 35.4 Å². The summed E-state index contributed by atoms with van der Waals surface area (Å²) in [4.78, 5) is 11.8. The number of methoxy groups -OCH3 is 1. The van der Waals surface area contributed by atoms with E-state index in [4.69, 9.17) is 4.74 Å². The van der Waals surface area contributed by atoms with Gasteiger partial charge in [-0.25, -0.2) is 0 Å². The highest BCUT2D eigenvalue weighted by molar-refractivity contribution is 5.73. The number of nitrogens with one attached hydrogen (secondary N) is 1. The smallest absolute Gasteiger partial charge is 0.416 e. The Balaban J connectivity index is 2.30. The van der Waals surface area contributed by atoms with Crippen molar-refractivity contribution in [3.8, 4) is 0 Å². The van der Waals surface area contributed by atoms with Gasteiger partial charge in [0, 0.05) is 12.5 Å². The van der Waals surface area contributed by atoms with Crippen LogP contribution in [0.1, 0.15) is 23.5 Å². The Morgan fingerprint density at radius 2 is 2.15 bits per heavy atom.